The first-order valence-corrected chi connectivity index (χ1v) is 6.91. The zero-order valence-electron chi connectivity index (χ0n) is 11.8. The molecule has 1 unspecified atom stereocenters. The van der Waals surface area contributed by atoms with Crippen LogP contribution in [0.1, 0.15) is 30.1 Å². The molecule has 2 heterocycles. The van der Waals surface area contributed by atoms with E-state index < -0.39 is 0 Å². The summed E-state index contributed by atoms with van der Waals surface area (Å²) in [6.07, 6.45) is 4.66. The second-order valence-corrected chi connectivity index (χ2v) is 5.24. The van der Waals surface area contributed by atoms with Gasteiger partial charge in [-0.15, -0.1) is 0 Å². The maximum absolute atomic E-state index is 12.0. The molecule has 20 heavy (non-hydrogen) atoms. The molecule has 0 aliphatic carbocycles. The predicted octanol–water partition coefficient (Wildman–Crippen LogP) is 2.91. The SMILES string of the molecule is COC(=O)C1CCCc2cnc(-c3cccc(C)c3)n21. The molecule has 0 bridgehead atoms. The lowest BCUT2D eigenvalue weighted by Gasteiger charge is -2.25. The fraction of sp³-hybridized carbons (Fsp3) is 0.375. The Morgan fingerprint density at radius 2 is 2.30 bits per heavy atom. The van der Waals surface area contributed by atoms with Gasteiger partial charge in [-0.25, -0.2) is 9.78 Å². The average molecular weight is 270 g/mol. The van der Waals surface area contributed by atoms with Gasteiger partial charge in [-0.05, 0) is 32.3 Å². The van der Waals surface area contributed by atoms with Crippen molar-refractivity contribution in [1.29, 1.82) is 0 Å². The highest BCUT2D eigenvalue weighted by atomic mass is 16.5. The first kappa shape index (κ1) is 12.9. The summed E-state index contributed by atoms with van der Waals surface area (Å²) in [5, 5.41) is 0. The highest BCUT2D eigenvalue weighted by Crippen LogP contribution is 2.32. The van der Waals surface area contributed by atoms with E-state index in [1.54, 1.807) is 0 Å². The Kier molecular flexibility index (Phi) is 3.30. The molecule has 0 fully saturated rings. The predicted molar refractivity (Wildman–Crippen MR) is 76.4 cm³/mol. The Hall–Kier alpha value is -2.10. The van der Waals surface area contributed by atoms with Gasteiger partial charge in [0.25, 0.3) is 0 Å². The molecule has 1 atom stereocenters. The molecule has 4 nitrogen and oxygen atoms in total. The molecule has 0 amide bonds. The van der Waals surface area contributed by atoms with Crippen molar-refractivity contribution < 1.29 is 9.53 Å². The number of imidazole rings is 1. The Morgan fingerprint density at radius 3 is 3.05 bits per heavy atom. The van der Waals surface area contributed by atoms with Crippen LogP contribution in [0.3, 0.4) is 0 Å². The summed E-state index contributed by atoms with van der Waals surface area (Å²) in [4.78, 5) is 16.5. The topological polar surface area (TPSA) is 44.1 Å². The van der Waals surface area contributed by atoms with Gasteiger partial charge < -0.3 is 9.30 Å². The number of hydrogen-bond acceptors (Lipinski definition) is 3. The number of esters is 1. The van der Waals surface area contributed by atoms with Crippen LogP contribution in [-0.2, 0) is 16.0 Å². The number of aromatic nitrogens is 2. The molecule has 104 valence electrons. The molecule has 3 rings (SSSR count). The first-order chi connectivity index (χ1) is 9.70. The highest BCUT2D eigenvalue weighted by molar-refractivity contribution is 5.75. The fourth-order valence-electron chi connectivity index (χ4n) is 2.89. The minimum absolute atomic E-state index is 0.183. The van der Waals surface area contributed by atoms with Gasteiger partial charge in [0.1, 0.15) is 11.9 Å². The Labute approximate surface area is 118 Å². The van der Waals surface area contributed by atoms with Gasteiger partial charge in [-0.1, -0.05) is 23.8 Å². The van der Waals surface area contributed by atoms with Gasteiger partial charge in [0, 0.05) is 17.5 Å². The largest absolute Gasteiger partial charge is 0.467 e. The number of methoxy groups -OCH3 is 1. The molecular weight excluding hydrogens is 252 g/mol. The van der Waals surface area contributed by atoms with E-state index in [1.807, 2.05) is 22.9 Å². The second kappa shape index (κ2) is 5.12. The summed E-state index contributed by atoms with van der Waals surface area (Å²) >= 11 is 0. The van der Waals surface area contributed by atoms with Gasteiger partial charge in [0.05, 0.1) is 7.11 Å². The third-order valence-corrected chi connectivity index (χ3v) is 3.85. The lowest BCUT2D eigenvalue weighted by Crippen LogP contribution is -2.26. The standard InChI is InChI=1S/C16H18N2O2/c1-11-5-3-6-12(9-11)15-17-10-13-7-4-8-14(18(13)15)16(19)20-2/h3,5-6,9-10,14H,4,7-8H2,1-2H3. The minimum Gasteiger partial charge on any atom is -0.467 e. The van der Waals surface area contributed by atoms with Crippen LogP contribution in [-0.4, -0.2) is 22.6 Å². The van der Waals surface area contributed by atoms with Crippen LogP contribution >= 0.6 is 0 Å². The van der Waals surface area contributed by atoms with Crippen molar-refractivity contribution in [3.05, 3.63) is 41.7 Å². The van der Waals surface area contributed by atoms with Crippen LogP contribution in [0.5, 0.6) is 0 Å². The van der Waals surface area contributed by atoms with Crippen LogP contribution in [0.2, 0.25) is 0 Å². The van der Waals surface area contributed by atoms with Gasteiger partial charge in [0.15, 0.2) is 0 Å². The number of rotatable bonds is 2. The number of carbonyl (C=O) groups excluding carboxylic acids is 1. The van der Waals surface area contributed by atoms with Crippen molar-refractivity contribution in [3.8, 4) is 11.4 Å². The van der Waals surface area contributed by atoms with E-state index in [9.17, 15) is 4.79 Å². The summed E-state index contributed by atoms with van der Waals surface area (Å²) in [6.45, 7) is 2.06. The molecule has 1 aliphatic heterocycles. The quantitative estimate of drug-likeness (QED) is 0.788. The number of ether oxygens (including phenoxy) is 1. The number of carbonyl (C=O) groups is 1. The summed E-state index contributed by atoms with van der Waals surface area (Å²) in [6, 6.07) is 7.95. The van der Waals surface area contributed by atoms with E-state index in [2.05, 4.69) is 24.0 Å². The second-order valence-electron chi connectivity index (χ2n) is 5.24. The molecule has 0 radical (unpaired) electrons. The van der Waals surface area contributed by atoms with E-state index >= 15 is 0 Å². The molecule has 1 aromatic carbocycles. The molecule has 2 aromatic rings. The lowest BCUT2D eigenvalue weighted by atomic mass is 10.0. The number of fused-ring (bicyclic) bond motifs is 1. The maximum Gasteiger partial charge on any atom is 0.328 e. The van der Waals surface area contributed by atoms with Gasteiger partial charge in [-0.2, -0.15) is 0 Å². The summed E-state index contributed by atoms with van der Waals surface area (Å²) in [5.74, 6) is 0.677. The molecule has 0 saturated carbocycles. The van der Waals surface area contributed by atoms with Crippen molar-refractivity contribution in [2.75, 3.05) is 7.11 Å². The molecular formula is C16H18N2O2. The van der Waals surface area contributed by atoms with Gasteiger partial charge in [0.2, 0.25) is 0 Å². The first-order valence-electron chi connectivity index (χ1n) is 6.91. The van der Waals surface area contributed by atoms with Crippen LogP contribution in [0.25, 0.3) is 11.4 Å². The van der Waals surface area contributed by atoms with E-state index in [-0.39, 0.29) is 12.0 Å². The number of hydrogen-bond donors (Lipinski definition) is 0. The smallest absolute Gasteiger partial charge is 0.328 e. The minimum atomic E-state index is -0.248. The van der Waals surface area contributed by atoms with Crippen LogP contribution in [0.15, 0.2) is 30.5 Å². The number of nitrogens with zero attached hydrogens (tertiary/aromatic N) is 2. The van der Waals surface area contributed by atoms with Crippen molar-refractivity contribution in [2.24, 2.45) is 0 Å². The molecule has 0 N–H and O–H groups in total. The zero-order valence-corrected chi connectivity index (χ0v) is 11.8. The molecule has 0 spiro atoms. The normalized spacial score (nSPS) is 17.6. The monoisotopic (exact) mass is 270 g/mol. The maximum atomic E-state index is 12.0. The molecule has 0 saturated heterocycles. The van der Waals surface area contributed by atoms with Crippen molar-refractivity contribution >= 4 is 5.97 Å². The van der Waals surface area contributed by atoms with E-state index in [0.717, 1.165) is 36.3 Å². The summed E-state index contributed by atoms with van der Waals surface area (Å²) < 4.78 is 6.99. The van der Waals surface area contributed by atoms with E-state index in [4.69, 9.17) is 4.74 Å². The van der Waals surface area contributed by atoms with Crippen LogP contribution in [0, 0.1) is 6.92 Å². The van der Waals surface area contributed by atoms with Crippen LogP contribution < -0.4 is 0 Å². The van der Waals surface area contributed by atoms with E-state index in [1.165, 1.54) is 12.7 Å². The van der Waals surface area contributed by atoms with Gasteiger partial charge in [-0.3, -0.25) is 0 Å². The molecule has 1 aliphatic rings. The fourth-order valence-corrected chi connectivity index (χ4v) is 2.89. The Balaban J connectivity index is 2.10. The summed E-state index contributed by atoms with van der Waals surface area (Å²) in [7, 11) is 1.44. The Morgan fingerprint density at radius 1 is 1.45 bits per heavy atom. The lowest BCUT2D eigenvalue weighted by molar-refractivity contribution is -0.145. The van der Waals surface area contributed by atoms with Crippen LogP contribution in [0.4, 0.5) is 0 Å². The van der Waals surface area contributed by atoms with Crippen molar-refractivity contribution in [1.82, 2.24) is 9.55 Å². The molecule has 4 heteroatoms. The third-order valence-electron chi connectivity index (χ3n) is 3.85. The highest BCUT2D eigenvalue weighted by Gasteiger charge is 2.29. The zero-order chi connectivity index (χ0) is 14.1. The van der Waals surface area contributed by atoms with Crippen molar-refractivity contribution in [3.63, 3.8) is 0 Å². The Bertz CT molecular complexity index is 646. The average Bonchev–Trinajstić information content (AvgIpc) is 2.90. The number of aryl methyl sites for hydroxylation is 2. The van der Waals surface area contributed by atoms with Crippen molar-refractivity contribution in [2.45, 2.75) is 32.2 Å². The third kappa shape index (κ3) is 2.11. The van der Waals surface area contributed by atoms with E-state index in [0.29, 0.717) is 0 Å². The van der Waals surface area contributed by atoms with Gasteiger partial charge >= 0.3 is 5.97 Å². The summed E-state index contributed by atoms with van der Waals surface area (Å²) in [5.41, 5.74) is 3.35. The molecule has 1 aromatic heterocycles. The number of benzene rings is 1.